The van der Waals surface area contributed by atoms with Crippen LogP contribution in [0.5, 0.6) is 0 Å². The number of rotatable bonds is 5. The number of hydrogen-bond donors (Lipinski definition) is 3. The van der Waals surface area contributed by atoms with Crippen LogP contribution in [0.15, 0.2) is 0 Å². The van der Waals surface area contributed by atoms with Gasteiger partial charge in [0.05, 0.1) is 11.2 Å². The molecule has 1 fully saturated rings. The summed E-state index contributed by atoms with van der Waals surface area (Å²) in [4.78, 5) is 24.5. The van der Waals surface area contributed by atoms with E-state index in [4.69, 9.17) is 10.2 Å². The molecule has 1 aliphatic rings. The first-order chi connectivity index (χ1) is 9.14. The summed E-state index contributed by atoms with van der Waals surface area (Å²) in [5, 5.41) is 16.6. The summed E-state index contributed by atoms with van der Waals surface area (Å²) in [5.74, 6) is -1.11. The lowest BCUT2D eigenvalue weighted by molar-refractivity contribution is -0.150. The maximum absolute atomic E-state index is 11.9. The van der Waals surface area contributed by atoms with Crippen LogP contribution < -0.4 is 10.5 Å². The highest BCUT2D eigenvalue weighted by Crippen LogP contribution is 2.29. The van der Waals surface area contributed by atoms with Crippen molar-refractivity contribution >= 4 is 22.0 Å². The Morgan fingerprint density at radius 2 is 2.10 bits per heavy atom. The van der Waals surface area contributed by atoms with Crippen molar-refractivity contribution in [3.63, 3.8) is 0 Å². The van der Waals surface area contributed by atoms with Gasteiger partial charge in [-0.3, -0.25) is 4.79 Å². The van der Waals surface area contributed by atoms with Gasteiger partial charge in [-0.05, 0) is 26.2 Å². The number of carbonyl (C=O) groups is 2. The third-order valence-electron chi connectivity index (χ3n) is 3.38. The Balaban J connectivity index is 2.42. The van der Waals surface area contributed by atoms with Crippen LogP contribution in [0.4, 0.5) is 4.79 Å². The van der Waals surface area contributed by atoms with Crippen molar-refractivity contribution < 1.29 is 23.1 Å². The number of nitrogens with one attached hydrogen (secondary N) is 1. The van der Waals surface area contributed by atoms with Crippen LogP contribution in [0, 0.1) is 5.41 Å². The number of sulfonamides is 1. The third-order valence-corrected chi connectivity index (χ3v) is 4.24. The van der Waals surface area contributed by atoms with Crippen molar-refractivity contribution in [1.29, 1.82) is 0 Å². The molecule has 116 valence electrons. The van der Waals surface area contributed by atoms with E-state index in [1.54, 1.807) is 6.92 Å². The van der Waals surface area contributed by atoms with Crippen molar-refractivity contribution in [2.75, 3.05) is 25.4 Å². The first-order valence-corrected chi connectivity index (χ1v) is 8.12. The van der Waals surface area contributed by atoms with Crippen molar-refractivity contribution in [3.05, 3.63) is 0 Å². The Bertz CT molecular complexity index is 478. The van der Waals surface area contributed by atoms with E-state index in [2.05, 4.69) is 5.32 Å². The molecule has 1 unspecified atom stereocenters. The van der Waals surface area contributed by atoms with Gasteiger partial charge in [0.2, 0.25) is 10.0 Å². The second-order valence-electron chi connectivity index (χ2n) is 5.34. The number of nitrogens with zero attached hydrogens (tertiary/aromatic N) is 1. The summed E-state index contributed by atoms with van der Waals surface area (Å²) in [6, 6.07) is -0.369. The Hall–Kier alpha value is -1.35. The van der Waals surface area contributed by atoms with Gasteiger partial charge in [0.15, 0.2) is 0 Å². The maximum Gasteiger partial charge on any atom is 0.317 e. The number of nitrogens with two attached hydrogens (primary N) is 1. The van der Waals surface area contributed by atoms with Crippen LogP contribution in [0.1, 0.15) is 26.2 Å². The molecular formula is C11H21N3O5S. The van der Waals surface area contributed by atoms with Crippen LogP contribution in [-0.4, -0.2) is 55.8 Å². The number of amides is 2. The summed E-state index contributed by atoms with van der Waals surface area (Å²) < 4.78 is 21.5. The fourth-order valence-electron chi connectivity index (χ4n) is 2.17. The largest absolute Gasteiger partial charge is 0.481 e. The molecular weight excluding hydrogens is 286 g/mol. The van der Waals surface area contributed by atoms with Crippen molar-refractivity contribution in [1.82, 2.24) is 10.2 Å². The van der Waals surface area contributed by atoms with Crippen molar-refractivity contribution in [2.45, 2.75) is 26.2 Å². The minimum Gasteiger partial charge on any atom is -0.481 e. The average molecular weight is 307 g/mol. The van der Waals surface area contributed by atoms with Gasteiger partial charge in [-0.1, -0.05) is 0 Å². The lowest BCUT2D eigenvalue weighted by atomic mass is 9.82. The number of carboxylic acids is 1. The van der Waals surface area contributed by atoms with Crippen molar-refractivity contribution in [3.8, 4) is 0 Å². The van der Waals surface area contributed by atoms with Gasteiger partial charge in [-0.25, -0.2) is 18.4 Å². The quantitative estimate of drug-likeness (QED) is 0.593. The minimum atomic E-state index is -3.52. The number of likely N-dealkylation sites (tertiary alicyclic amines) is 1. The van der Waals surface area contributed by atoms with Gasteiger partial charge < -0.3 is 15.3 Å². The van der Waals surface area contributed by atoms with E-state index in [-0.39, 0.29) is 31.3 Å². The molecule has 0 aromatic rings. The Labute approximate surface area is 118 Å². The summed E-state index contributed by atoms with van der Waals surface area (Å²) in [5.41, 5.74) is -0.920. The molecule has 0 aromatic carbocycles. The fourth-order valence-corrected chi connectivity index (χ4v) is 2.71. The van der Waals surface area contributed by atoms with Crippen LogP contribution in [0.3, 0.4) is 0 Å². The predicted octanol–water partition coefficient (Wildman–Crippen LogP) is -0.439. The normalized spacial score (nSPS) is 23.4. The highest BCUT2D eigenvalue weighted by atomic mass is 32.2. The first kappa shape index (κ1) is 16.7. The first-order valence-electron chi connectivity index (χ1n) is 6.41. The van der Waals surface area contributed by atoms with Crippen LogP contribution in [0.25, 0.3) is 0 Å². The molecule has 1 atom stereocenters. The number of aliphatic carboxylic acids is 1. The van der Waals surface area contributed by atoms with E-state index in [0.29, 0.717) is 19.4 Å². The molecule has 0 bridgehead atoms. The van der Waals surface area contributed by atoms with Gasteiger partial charge >= 0.3 is 12.0 Å². The van der Waals surface area contributed by atoms with E-state index in [9.17, 15) is 18.0 Å². The molecule has 0 aliphatic carbocycles. The molecule has 2 amide bonds. The summed E-state index contributed by atoms with van der Waals surface area (Å²) in [6.07, 6.45) is 1.40. The highest BCUT2D eigenvalue weighted by molar-refractivity contribution is 7.89. The number of carbonyl (C=O) groups excluding carboxylic acids is 1. The standard InChI is InChI=1S/C11H21N3O5S/c1-11(9(15)16)4-2-6-14(8-11)10(17)13-5-3-7-20(12,18)19/h2-8H2,1H3,(H,13,17)(H,15,16)(H2,12,18,19). The topological polar surface area (TPSA) is 130 Å². The fraction of sp³-hybridized carbons (Fsp3) is 0.818. The molecule has 9 heteroatoms. The summed E-state index contributed by atoms with van der Waals surface area (Å²) in [6.45, 7) is 2.47. The highest BCUT2D eigenvalue weighted by Gasteiger charge is 2.39. The van der Waals surface area contributed by atoms with Crippen LogP contribution in [-0.2, 0) is 14.8 Å². The molecule has 0 aromatic heterocycles. The minimum absolute atomic E-state index is 0.156. The average Bonchev–Trinajstić information content (AvgIpc) is 2.33. The van der Waals surface area contributed by atoms with Crippen LogP contribution in [0.2, 0.25) is 0 Å². The summed E-state index contributed by atoms with van der Waals surface area (Å²) >= 11 is 0. The second kappa shape index (κ2) is 6.40. The van der Waals surface area contributed by atoms with Gasteiger partial charge in [-0.2, -0.15) is 0 Å². The Kier molecular flexibility index (Phi) is 5.35. The lowest BCUT2D eigenvalue weighted by Crippen LogP contribution is -2.51. The molecule has 8 nitrogen and oxygen atoms in total. The number of hydrogen-bond acceptors (Lipinski definition) is 4. The predicted molar refractivity (Wildman–Crippen MR) is 72.5 cm³/mol. The van der Waals surface area contributed by atoms with Gasteiger partial charge in [0.25, 0.3) is 0 Å². The van der Waals surface area contributed by atoms with Crippen molar-refractivity contribution in [2.24, 2.45) is 10.6 Å². The second-order valence-corrected chi connectivity index (χ2v) is 7.08. The number of urea groups is 1. The zero-order chi connectivity index (χ0) is 15.4. The smallest absolute Gasteiger partial charge is 0.317 e. The maximum atomic E-state index is 11.9. The SMILES string of the molecule is CC1(C(=O)O)CCCN(C(=O)NCCCS(N)(=O)=O)C1. The van der Waals surface area contributed by atoms with E-state index < -0.39 is 21.4 Å². The van der Waals surface area contributed by atoms with E-state index in [1.165, 1.54) is 4.90 Å². The Morgan fingerprint density at radius 1 is 1.45 bits per heavy atom. The molecule has 1 rings (SSSR count). The zero-order valence-corrected chi connectivity index (χ0v) is 12.3. The van der Waals surface area contributed by atoms with Crippen LogP contribution >= 0.6 is 0 Å². The number of primary sulfonamides is 1. The molecule has 0 saturated carbocycles. The molecule has 0 radical (unpaired) electrons. The van der Waals surface area contributed by atoms with E-state index in [0.717, 1.165) is 0 Å². The van der Waals surface area contributed by atoms with E-state index in [1.807, 2.05) is 0 Å². The summed E-state index contributed by atoms with van der Waals surface area (Å²) in [7, 11) is -3.52. The van der Waals surface area contributed by atoms with Gasteiger partial charge in [0.1, 0.15) is 0 Å². The monoisotopic (exact) mass is 307 g/mol. The molecule has 1 saturated heterocycles. The molecule has 1 aliphatic heterocycles. The molecule has 4 N–H and O–H groups in total. The third kappa shape index (κ3) is 4.97. The molecule has 20 heavy (non-hydrogen) atoms. The van der Waals surface area contributed by atoms with Gasteiger partial charge in [0, 0.05) is 19.6 Å². The Morgan fingerprint density at radius 3 is 2.65 bits per heavy atom. The lowest BCUT2D eigenvalue weighted by Gasteiger charge is -2.37. The molecule has 0 spiro atoms. The molecule has 1 heterocycles. The van der Waals surface area contributed by atoms with E-state index >= 15 is 0 Å². The number of carboxylic acid groups (broad SMARTS) is 1. The van der Waals surface area contributed by atoms with Gasteiger partial charge in [-0.15, -0.1) is 0 Å². The number of piperidine rings is 1. The zero-order valence-electron chi connectivity index (χ0n) is 11.5.